The van der Waals surface area contributed by atoms with Crippen LogP contribution < -0.4 is 10.6 Å². The molecule has 1 atom stereocenters. The highest BCUT2D eigenvalue weighted by Gasteiger charge is 2.42. The molecule has 0 aromatic heterocycles. The Bertz CT molecular complexity index is 1070. The number of benzene rings is 2. The predicted octanol–water partition coefficient (Wildman–Crippen LogP) is 3.06. The molecule has 1 unspecified atom stereocenters. The highest BCUT2D eigenvalue weighted by atomic mass is 32.2. The van der Waals surface area contributed by atoms with Gasteiger partial charge >= 0.3 is 0 Å². The average molecular weight is 444 g/mol. The molecule has 1 heterocycles. The second kappa shape index (κ2) is 9.20. The van der Waals surface area contributed by atoms with Gasteiger partial charge in [0.1, 0.15) is 4.90 Å². The molecule has 0 aliphatic carbocycles. The van der Waals surface area contributed by atoms with E-state index in [9.17, 15) is 18.0 Å². The molecule has 1 saturated heterocycles. The monoisotopic (exact) mass is 443 g/mol. The summed E-state index contributed by atoms with van der Waals surface area (Å²) in [7, 11) is -3.89. The van der Waals surface area contributed by atoms with Crippen LogP contribution in [0.5, 0.6) is 0 Å². The zero-order valence-electron chi connectivity index (χ0n) is 18.1. The fourth-order valence-corrected chi connectivity index (χ4v) is 5.68. The second-order valence-corrected chi connectivity index (χ2v) is 10.3. The minimum atomic E-state index is -3.89. The van der Waals surface area contributed by atoms with Crippen LogP contribution >= 0.6 is 0 Å². The van der Waals surface area contributed by atoms with Crippen molar-refractivity contribution in [3.05, 3.63) is 59.7 Å². The van der Waals surface area contributed by atoms with E-state index in [2.05, 4.69) is 10.6 Å². The van der Waals surface area contributed by atoms with Gasteiger partial charge in [0.25, 0.3) is 0 Å². The number of piperidine rings is 1. The Morgan fingerprint density at radius 3 is 2.52 bits per heavy atom. The van der Waals surface area contributed by atoms with Crippen LogP contribution in [0.4, 0.5) is 5.69 Å². The van der Waals surface area contributed by atoms with Crippen molar-refractivity contribution in [2.45, 2.75) is 45.1 Å². The molecule has 166 valence electrons. The first kappa shape index (κ1) is 23.0. The quantitative estimate of drug-likeness (QED) is 0.717. The van der Waals surface area contributed by atoms with Gasteiger partial charge in [0.2, 0.25) is 21.8 Å². The largest absolute Gasteiger partial charge is 0.352 e. The highest BCUT2D eigenvalue weighted by Crippen LogP contribution is 2.35. The lowest BCUT2D eigenvalue weighted by Gasteiger charge is -2.38. The van der Waals surface area contributed by atoms with Crippen molar-refractivity contribution < 1.29 is 18.0 Å². The molecule has 1 aliphatic heterocycles. The summed E-state index contributed by atoms with van der Waals surface area (Å²) in [6.07, 6.45) is 1.18. The van der Waals surface area contributed by atoms with Crippen molar-refractivity contribution in [1.29, 1.82) is 0 Å². The summed E-state index contributed by atoms with van der Waals surface area (Å²) in [5.41, 5.74) is 1.17. The number of aryl methyl sites for hydroxylation is 1. The Morgan fingerprint density at radius 1 is 1.13 bits per heavy atom. The van der Waals surface area contributed by atoms with E-state index in [0.717, 1.165) is 11.1 Å². The molecule has 1 aliphatic rings. The molecule has 2 N–H and O–H groups in total. The van der Waals surface area contributed by atoms with Gasteiger partial charge in [-0.1, -0.05) is 36.4 Å². The minimum absolute atomic E-state index is 0.0524. The van der Waals surface area contributed by atoms with Gasteiger partial charge in [-0.3, -0.25) is 9.59 Å². The second-order valence-electron chi connectivity index (χ2n) is 8.35. The van der Waals surface area contributed by atoms with E-state index in [4.69, 9.17) is 0 Å². The number of nitrogens with zero attached hydrogens (tertiary/aromatic N) is 1. The number of anilines is 1. The average Bonchev–Trinajstić information content (AvgIpc) is 2.73. The molecule has 3 rings (SSSR count). The number of hydrogen-bond donors (Lipinski definition) is 2. The third kappa shape index (κ3) is 5.32. The molecule has 0 bridgehead atoms. The first-order chi connectivity index (χ1) is 14.6. The number of sulfonamides is 1. The highest BCUT2D eigenvalue weighted by molar-refractivity contribution is 7.89. The van der Waals surface area contributed by atoms with Gasteiger partial charge in [0, 0.05) is 26.6 Å². The van der Waals surface area contributed by atoms with E-state index in [1.807, 2.05) is 30.3 Å². The maximum atomic E-state index is 13.5. The first-order valence-electron chi connectivity index (χ1n) is 10.3. The SMILES string of the molecule is CC(=O)Nc1ccc(C)cc1S(=O)(=O)N1CCCC(C)(C(=O)NCc2ccccc2)C1. The Kier molecular flexibility index (Phi) is 6.81. The summed E-state index contributed by atoms with van der Waals surface area (Å²) in [6.45, 7) is 5.76. The predicted molar refractivity (Wildman–Crippen MR) is 120 cm³/mol. The van der Waals surface area contributed by atoms with Gasteiger partial charge in [0.05, 0.1) is 11.1 Å². The minimum Gasteiger partial charge on any atom is -0.352 e. The van der Waals surface area contributed by atoms with Crippen molar-refractivity contribution >= 4 is 27.5 Å². The van der Waals surface area contributed by atoms with Crippen LogP contribution in [0, 0.1) is 12.3 Å². The third-order valence-corrected chi connectivity index (χ3v) is 7.46. The molecule has 8 heteroatoms. The zero-order valence-corrected chi connectivity index (χ0v) is 19.0. The summed E-state index contributed by atoms with van der Waals surface area (Å²) in [5.74, 6) is -0.508. The fourth-order valence-electron chi connectivity index (χ4n) is 3.85. The van der Waals surface area contributed by atoms with E-state index < -0.39 is 15.4 Å². The zero-order chi connectivity index (χ0) is 22.6. The number of hydrogen-bond acceptors (Lipinski definition) is 4. The van der Waals surface area contributed by atoms with Crippen LogP contribution in [0.15, 0.2) is 53.4 Å². The molecule has 2 amide bonds. The molecule has 2 aromatic rings. The van der Waals surface area contributed by atoms with E-state index >= 15 is 0 Å². The molecular weight excluding hydrogens is 414 g/mol. The van der Waals surface area contributed by atoms with E-state index in [1.165, 1.54) is 11.2 Å². The van der Waals surface area contributed by atoms with Crippen molar-refractivity contribution in [1.82, 2.24) is 9.62 Å². The van der Waals surface area contributed by atoms with Crippen molar-refractivity contribution in [2.24, 2.45) is 5.41 Å². The maximum Gasteiger partial charge on any atom is 0.245 e. The molecular formula is C23H29N3O4S. The lowest BCUT2D eigenvalue weighted by molar-refractivity contribution is -0.132. The van der Waals surface area contributed by atoms with Crippen LogP contribution in [0.3, 0.4) is 0 Å². The van der Waals surface area contributed by atoms with Crippen LogP contribution in [-0.2, 0) is 26.2 Å². The lowest BCUT2D eigenvalue weighted by atomic mass is 9.82. The molecule has 1 fully saturated rings. The lowest BCUT2D eigenvalue weighted by Crippen LogP contribution is -2.51. The van der Waals surface area contributed by atoms with Crippen LogP contribution in [0.25, 0.3) is 0 Å². The van der Waals surface area contributed by atoms with Crippen molar-refractivity contribution in [3.63, 3.8) is 0 Å². The molecule has 0 radical (unpaired) electrons. The normalized spacial score (nSPS) is 19.6. The molecule has 31 heavy (non-hydrogen) atoms. The van der Waals surface area contributed by atoms with Crippen LogP contribution in [0.1, 0.15) is 37.8 Å². The number of amides is 2. The van der Waals surface area contributed by atoms with Gasteiger partial charge in [0.15, 0.2) is 0 Å². The fraction of sp³-hybridized carbons (Fsp3) is 0.391. The summed E-state index contributed by atoms with van der Waals surface area (Å²) < 4.78 is 28.3. The van der Waals surface area contributed by atoms with Gasteiger partial charge in [-0.2, -0.15) is 4.31 Å². The number of rotatable bonds is 6. The Balaban J connectivity index is 1.81. The number of nitrogens with one attached hydrogen (secondary N) is 2. The summed E-state index contributed by atoms with van der Waals surface area (Å²) in [4.78, 5) is 24.6. The van der Waals surface area contributed by atoms with Gasteiger partial charge < -0.3 is 10.6 Å². The number of carbonyl (C=O) groups excluding carboxylic acids is 2. The van der Waals surface area contributed by atoms with Crippen LogP contribution in [0.2, 0.25) is 0 Å². The van der Waals surface area contributed by atoms with Gasteiger partial charge in [-0.25, -0.2) is 8.42 Å². The molecule has 7 nitrogen and oxygen atoms in total. The Morgan fingerprint density at radius 2 is 1.84 bits per heavy atom. The third-order valence-electron chi connectivity index (χ3n) is 5.57. The van der Waals surface area contributed by atoms with Crippen molar-refractivity contribution in [2.75, 3.05) is 18.4 Å². The summed E-state index contributed by atoms with van der Waals surface area (Å²) in [6, 6.07) is 14.5. The summed E-state index contributed by atoms with van der Waals surface area (Å²) >= 11 is 0. The summed E-state index contributed by atoms with van der Waals surface area (Å²) in [5, 5.41) is 5.55. The first-order valence-corrected chi connectivity index (χ1v) is 11.8. The van der Waals surface area contributed by atoms with E-state index in [-0.39, 0.29) is 28.9 Å². The Labute approximate surface area is 183 Å². The van der Waals surface area contributed by atoms with E-state index in [1.54, 1.807) is 32.0 Å². The van der Waals surface area contributed by atoms with Gasteiger partial charge in [-0.05, 0) is 49.9 Å². The molecule has 0 saturated carbocycles. The smallest absolute Gasteiger partial charge is 0.245 e. The van der Waals surface area contributed by atoms with E-state index in [0.29, 0.717) is 25.9 Å². The van der Waals surface area contributed by atoms with Gasteiger partial charge in [-0.15, -0.1) is 0 Å². The molecule has 2 aromatic carbocycles. The standard InChI is InChI=1S/C23H29N3O4S/c1-17-10-11-20(25-18(2)27)21(14-17)31(29,30)26-13-7-12-23(3,16-26)22(28)24-15-19-8-5-4-6-9-19/h4-6,8-11,14H,7,12-13,15-16H2,1-3H3,(H,24,28)(H,25,27). The topological polar surface area (TPSA) is 95.6 Å². The van der Waals surface area contributed by atoms with Crippen molar-refractivity contribution in [3.8, 4) is 0 Å². The number of carbonyl (C=O) groups is 2. The maximum absolute atomic E-state index is 13.5. The molecule has 0 spiro atoms. The van der Waals surface area contributed by atoms with Crippen LogP contribution in [-0.4, -0.2) is 37.6 Å². The Hall–Kier alpha value is -2.71.